The molecule has 0 heterocycles. The molecule has 2 N–H and O–H groups in total. The summed E-state index contributed by atoms with van der Waals surface area (Å²) in [7, 11) is -2.57. The smallest absolute Gasteiger partial charge is 0.262 e. The summed E-state index contributed by atoms with van der Waals surface area (Å²) in [5.41, 5.74) is 2.26. The molecule has 0 fully saturated rings. The molecule has 0 aliphatic heterocycles. The largest absolute Gasteiger partial charge is 0.497 e. The number of hydroxylamine groups is 1. The second-order valence-electron chi connectivity index (χ2n) is 7.43. The van der Waals surface area contributed by atoms with Crippen molar-refractivity contribution in [1.29, 1.82) is 0 Å². The molecule has 0 saturated heterocycles. The zero-order chi connectivity index (χ0) is 23.7. The van der Waals surface area contributed by atoms with Crippen molar-refractivity contribution in [3.8, 4) is 11.5 Å². The number of amides is 1. The molecule has 0 bridgehead atoms. The fourth-order valence-electron chi connectivity index (χ4n) is 3.16. The third kappa shape index (κ3) is 6.59. The van der Waals surface area contributed by atoms with Crippen molar-refractivity contribution in [2.24, 2.45) is 5.92 Å². The number of hydrogen-bond acceptors (Lipinski definition) is 6. The van der Waals surface area contributed by atoms with E-state index in [2.05, 4.69) is 0 Å². The number of carbonyl (C=O) groups is 1. The highest BCUT2D eigenvalue weighted by atomic mass is 35.5. The minimum absolute atomic E-state index is 0.00657. The average Bonchev–Trinajstić information content (AvgIpc) is 2.79. The second-order valence-corrected chi connectivity index (χ2v) is 9.69. The molecule has 0 radical (unpaired) electrons. The molecule has 176 valence electrons. The number of nitrogens with zero attached hydrogens (tertiary/aromatic N) is 1. The van der Waals surface area contributed by atoms with Crippen LogP contribution in [-0.2, 0) is 21.4 Å². The number of alkyl halides is 1. The zero-order valence-corrected chi connectivity index (χ0v) is 19.9. The highest BCUT2D eigenvalue weighted by molar-refractivity contribution is 7.89. The van der Waals surface area contributed by atoms with Gasteiger partial charge in [-0.15, -0.1) is 11.6 Å². The Hall–Kier alpha value is -2.33. The standard InChI is InChI=1S/C22H29ClN2O6S/c1-16(2)21(22(26)24-27)25(15-17-5-7-18(30-3)8-6-17)32(28,29)20-11-9-19(10-12-20)31-14-4-13-23/h5-12,16,21,27H,4,13-15H2,1-3H3,(H,24,26)/t21-/m1/s1. The third-order valence-electron chi connectivity index (χ3n) is 4.80. The van der Waals surface area contributed by atoms with E-state index >= 15 is 0 Å². The summed E-state index contributed by atoms with van der Waals surface area (Å²) >= 11 is 5.64. The molecular weight excluding hydrogens is 456 g/mol. The van der Waals surface area contributed by atoms with Gasteiger partial charge in [0.2, 0.25) is 10.0 Å². The quantitative estimate of drug-likeness (QED) is 0.207. The molecule has 10 heteroatoms. The predicted molar refractivity (Wildman–Crippen MR) is 122 cm³/mol. The number of nitrogens with one attached hydrogen (secondary N) is 1. The topological polar surface area (TPSA) is 105 Å². The van der Waals surface area contributed by atoms with Crippen LogP contribution in [0.3, 0.4) is 0 Å². The Morgan fingerprint density at radius 1 is 1.09 bits per heavy atom. The summed E-state index contributed by atoms with van der Waals surface area (Å²) < 4.78 is 38.9. The van der Waals surface area contributed by atoms with Crippen LogP contribution >= 0.6 is 11.6 Å². The molecule has 0 spiro atoms. The van der Waals surface area contributed by atoms with Gasteiger partial charge in [-0.25, -0.2) is 13.9 Å². The van der Waals surface area contributed by atoms with Gasteiger partial charge in [-0.05, 0) is 54.3 Å². The summed E-state index contributed by atoms with van der Waals surface area (Å²) in [5.74, 6) is 0.396. The van der Waals surface area contributed by atoms with Crippen LogP contribution in [0, 0.1) is 5.92 Å². The van der Waals surface area contributed by atoms with Crippen molar-refractivity contribution >= 4 is 27.5 Å². The summed E-state index contributed by atoms with van der Waals surface area (Å²) in [6.07, 6.45) is 0.670. The van der Waals surface area contributed by atoms with E-state index < -0.39 is 27.9 Å². The Morgan fingerprint density at radius 3 is 2.19 bits per heavy atom. The van der Waals surface area contributed by atoms with Crippen LogP contribution in [0.4, 0.5) is 0 Å². The van der Waals surface area contributed by atoms with Gasteiger partial charge in [0.1, 0.15) is 17.5 Å². The van der Waals surface area contributed by atoms with Crippen molar-refractivity contribution in [3.05, 3.63) is 54.1 Å². The molecule has 1 amide bonds. The molecule has 0 aromatic heterocycles. The minimum atomic E-state index is -4.10. The van der Waals surface area contributed by atoms with Gasteiger partial charge in [-0.1, -0.05) is 26.0 Å². The Labute approximate surface area is 194 Å². The van der Waals surface area contributed by atoms with Gasteiger partial charge in [0.05, 0.1) is 18.6 Å². The highest BCUT2D eigenvalue weighted by Gasteiger charge is 2.38. The van der Waals surface area contributed by atoms with Gasteiger partial charge in [-0.3, -0.25) is 10.0 Å². The molecule has 0 aliphatic rings. The molecule has 0 unspecified atom stereocenters. The maximum Gasteiger partial charge on any atom is 0.262 e. The number of sulfonamides is 1. The van der Waals surface area contributed by atoms with E-state index in [9.17, 15) is 18.4 Å². The normalized spacial score (nSPS) is 12.6. The van der Waals surface area contributed by atoms with Crippen molar-refractivity contribution in [1.82, 2.24) is 9.79 Å². The van der Waals surface area contributed by atoms with E-state index in [1.165, 1.54) is 19.2 Å². The summed E-state index contributed by atoms with van der Waals surface area (Å²) in [6, 6.07) is 11.7. The molecule has 2 aromatic rings. The molecular formula is C22H29ClN2O6S. The van der Waals surface area contributed by atoms with E-state index in [1.807, 2.05) is 0 Å². The first-order valence-electron chi connectivity index (χ1n) is 10.1. The number of halogens is 1. The molecule has 8 nitrogen and oxygen atoms in total. The highest BCUT2D eigenvalue weighted by Crippen LogP contribution is 2.27. The number of ether oxygens (including phenoxy) is 2. The molecule has 1 atom stereocenters. The van der Waals surface area contributed by atoms with Gasteiger partial charge in [0.15, 0.2) is 0 Å². The lowest BCUT2D eigenvalue weighted by molar-refractivity contribution is -0.134. The Bertz CT molecular complexity index is 965. The lowest BCUT2D eigenvalue weighted by Gasteiger charge is -2.32. The van der Waals surface area contributed by atoms with E-state index in [1.54, 1.807) is 55.7 Å². The number of rotatable bonds is 12. The van der Waals surface area contributed by atoms with E-state index in [-0.39, 0.29) is 11.4 Å². The maximum atomic E-state index is 13.6. The monoisotopic (exact) mass is 484 g/mol. The van der Waals surface area contributed by atoms with Crippen LogP contribution in [0.25, 0.3) is 0 Å². The lowest BCUT2D eigenvalue weighted by atomic mass is 10.0. The number of hydrogen-bond donors (Lipinski definition) is 2. The summed E-state index contributed by atoms with van der Waals surface area (Å²) in [4.78, 5) is 12.5. The van der Waals surface area contributed by atoms with Crippen LogP contribution < -0.4 is 15.0 Å². The first kappa shape index (κ1) is 25.9. The Balaban J connectivity index is 2.42. The Morgan fingerprint density at radius 2 is 1.69 bits per heavy atom. The first-order valence-corrected chi connectivity index (χ1v) is 12.1. The van der Waals surface area contributed by atoms with E-state index in [0.717, 1.165) is 4.31 Å². The van der Waals surface area contributed by atoms with Crippen LogP contribution in [-0.4, -0.2) is 49.5 Å². The van der Waals surface area contributed by atoms with Gasteiger partial charge in [0.25, 0.3) is 5.91 Å². The van der Waals surface area contributed by atoms with Crippen molar-refractivity contribution in [2.75, 3.05) is 19.6 Å². The van der Waals surface area contributed by atoms with Crippen molar-refractivity contribution in [2.45, 2.75) is 37.8 Å². The van der Waals surface area contributed by atoms with E-state index in [0.29, 0.717) is 36.0 Å². The van der Waals surface area contributed by atoms with Gasteiger partial charge >= 0.3 is 0 Å². The Kier molecular flexibility index (Phi) is 9.77. The summed E-state index contributed by atoms with van der Waals surface area (Å²) in [5, 5.41) is 9.25. The molecule has 0 aliphatic carbocycles. The zero-order valence-electron chi connectivity index (χ0n) is 18.3. The molecule has 32 heavy (non-hydrogen) atoms. The maximum absolute atomic E-state index is 13.6. The summed E-state index contributed by atoms with van der Waals surface area (Å²) in [6.45, 7) is 3.77. The number of methoxy groups -OCH3 is 1. The van der Waals surface area contributed by atoms with Gasteiger partial charge < -0.3 is 9.47 Å². The van der Waals surface area contributed by atoms with Crippen LogP contribution in [0.15, 0.2) is 53.4 Å². The first-order chi connectivity index (χ1) is 15.2. The fraction of sp³-hybridized carbons (Fsp3) is 0.409. The minimum Gasteiger partial charge on any atom is -0.497 e. The molecule has 2 aromatic carbocycles. The molecule has 0 saturated carbocycles. The van der Waals surface area contributed by atoms with E-state index in [4.69, 9.17) is 21.1 Å². The fourth-order valence-corrected chi connectivity index (χ4v) is 4.98. The molecule has 2 rings (SSSR count). The van der Waals surface area contributed by atoms with Gasteiger partial charge in [-0.2, -0.15) is 4.31 Å². The number of carbonyl (C=O) groups excluding carboxylic acids is 1. The van der Waals surface area contributed by atoms with Crippen molar-refractivity contribution in [3.63, 3.8) is 0 Å². The third-order valence-corrected chi connectivity index (χ3v) is 6.90. The van der Waals surface area contributed by atoms with Crippen LogP contribution in [0.5, 0.6) is 11.5 Å². The second kappa shape index (κ2) is 12.1. The lowest BCUT2D eigenvalue weighted by Crippen LogP contribution is -2.51. The van der Waals surface area contributed by atoms with Crippen molar-refractivity contribution < 1.29 is 27.9 Å². The predicted octanol–water partition coefficient (Wildman–Crippen LogP) is 3.42. The van der Waals surface area contributed by atoms with Gasteiger partial charge in [0, 0.05) is 12.4 Å². The average molecular weight is 485 g/mol. The van der Waals surface area contributed by atoms with Crippen LogP contribution in [0.1, 0.15) is 25.8 Å². The SMILES string of the molecule is COc1ccc(CN([C@@H](C(=O)NO)C(C)C)S(=O)(=O)c2ccc(OCCCCl)cc2)cc1. The number of benzene rings is 2. The van der Waals surface area contributed by atoms with Crippen LogP contribution in [0.2, 0.25) is 0 Å².